The highest BCUT2D eigenvalue weighted by atomic mass is 16.4. The summed E-state index contributed by atoms with van der Waals surface area (Å²) in [6.07, 6.45) is 1.32. The molecule has 98 heavy (non-hydrogen) atoms. The molecule has 0 fully saturated rings. The molecule has 0 radical (unpaired) electrons. The number of amides is 12. The summed E-state index contributed by atoms with van der Waals surface area (Å²) >= 11 is 0. The zero-order valence-corrected chi connectivity index (χ0v) is 58.1. The molecule has 0 saturated heterocycles. The molecule has 0 aliphatic carbocycles. The summed E-state index contributed by atoms with van der Waals surface area (Å²) in [4.78, 5) is 178. The first-order valence-electron chi connectivity index (χ1n) is 33.6. The fourth-order valence-corrected chi connectivity index (χ4v) is 10.00. The normalized spacial score (nSPS) is 14.9. The minimum absolute atomic E-state index is 0.0258. The van der Waals surface area contributed by atoms with Gasteiger partial charge in [-0.2, -0.15) is 0 Å². The van der Waals surface area contributed by atoms with E-state index >= 15 is 0 Å². The number of carboxylic acid groups (broad SMARTS) is 1. The van der Waals surface area contributed by atoms with Gasteiger partial charge < -0.3 is 109 Å². The molecule has 0 aliphatic heterocycles. The lowest BCUT2D eigenvalue weighted by Gasteiger charge is -2.30. The first-order chi connectivity index (χ1) is 46.1. The third-order valence-electron chi connectivity index (χ3n) is 16.0. The number of unbranched alkanes of at least 4 members (excludes halogenated alkanes) is 2. The number of phenolic OH excluding ortho intramolecular Hbond substituents is 1. The van der Waals surface area contributed by atoms with E-state index < -0.39 is 174 Å². The SMILES string of the molecule is CC[C@H](C)[C@H](NC(=O)[C@H](CCCCN)NC(=O)[C@H](CCCCN)NC(=O)[C@@H](N)CCCNC(=O)[C@@H](NC(=O)[C@H](CCC(=O)O)NC(=O)[C@@H](NC(=O)[C@H](Cc1ccc(O)cc1)NC(=O)[C@@H](N)CCCN=C(N)N)C(C)C)C(C)C)C(=O)N[C@@H](CC(C)C)C(=O)N[C@@H](CCC(N)=O)C(N)=O. The summed E-state index contributed by atoms with van der Waals surface area (Å²) in [5.41, 5.74) is 46.1. The predicted octanol–water partition coefficient (Wildman–Crippen LogP) is -3.82. The number of carboxylic acids is 1. The van der Waals surface area contributed by atoms with Crippen LogP contribution in [0.2, 0.25) is 0 Å². The molecule has 1 aromatic carbocycles. The van der Waals surface area contributed by atoms with Gasteiger partial charge in [-0.1, -0.05) is 73.9 Å². The Kier molecular flexibility index (Phi) is 41.4. The molecule has 0 unspecified atom stereocenters. The van der Waals surface area contributed by atoms with Crippen LogP contribution in [-0.4, -0.2) is 186 Å². The van der Waals surface area contributed by atoms with Gasteiger partial charge >= 0.3 is 5.97 Å². The number of nitrogens with two attached hydrogens (primary N) is 8. The number of carbonyl (C=O) groups is 13. The average molecular weight is 1390 g/mol. The van der Waals surface area contributed by atoms with Crippen molar-refractivity contribution in [1.82, 2.24) is 53.2 Å². The number of primary amides is 2. The third-order valence-corrected chi connectivity index (χ3v) is 16.0. The molecule has 0 aromatic heterocycles. The number of carbonyl (C=O) groups excluding carboxylic acids is 12. The number of nitrogens with one attached hydrogen (secondary N) is 10. The summed E-state index contributed by atoms with van der Waals surface area (Å²) in [6.45, 7) is 14.2. The van der Waals surface area contributed by atoms with Crippen molar-refractivity contribution in [3.8, 4) is 5.75 Å². The maximum absolute atomic E-state index is 14.3. The van der Waals surface area contributed by atoms with Crippen LogP contribution in [0, 0.1) is 23.7 Å². The minimum Gasteiger partial charge on any atom is -0.508 e. The fraction of sp³-hybridized carbons (Fsp3) is 0.688. The van der Waals surface area contributed by atoms with Gasteiger partial charge in [0.05, 0.1) is 12.1 Å². The highest BCUT2D eigenvalue weighted by Gasteiger charge is 2.37. The molecule has 0 heterocycles. The van der Waals surface area contributed by atoms with Crippen molar-refractivity contribution < 1.29 is 72.5 Å². The Labute approximate surface area is 573 Å². The summed E-state index contributed by atoms with van der Waals surface area (Å²) < 4.78 is 0. The number of rotatable bonds is 50. The Morgan fingerprint density at radius 3 is 1.36 bits per heavy atom. The van der Waals surface area contributed by atoms with Crippen molar-refractivity contribution in [2.24, 2.45) is 74.5 Å². The second-order valence-electron chi connectivity index (χ2n) is 25.7. The molecule has 28 N–H and O–H groups in total. The van der Waals surface area contributed by atoms with Crippen LogP contribution in [-0.2, 0) is 68.7 Å². The lowest BCUT2D eigenvalue weighted by atomic mass is 9.96. The summed E-state index contributed by atoms with van der Waals surface area (Å²) in [5.74, 6) is -12.8. The molecule has 0 aliphatic rings. The monoisotopic (exact) mass is 1390 g/mol. The van der Waals surface area contributed by atoms with Gasteiger partial charge in [-0.25, -0.2) is 0 Å². The maximum Gasteiger partial charge on any atom is 0.303 e. The van der Waals surface area contributed by atoms with Crippen LogP contribution in [0.3, 0.4) is 0 Å². The number of aliphatic imine (C=N–C) groups is 1. The molecule has 34 nitrogen and oxygen atoms in total. The lowest BCUT2D eigenvalue weighted by molar-refractivity contribution is -0.139. The lowest BCUT2D eigenvalue weighted by Crippen LogP contribution is -2.60. The molecule has 1 rings (SSSR count). The molecule has 34 heteroatoms. The molecule has 12 amide bonds. The molecular weight excluding hydrogens is 1270 g/mol. The van der Waals surface area contributed by atoms with Crippen LogP contribution in [0.5, 0.6) is 5.75 Å². The first kappa shape index (κ1) is 87.3. The number of aliphatic carboxylic acids is 1. The van der Waals surface area contributed by atoms with Gasteiger partial charge in [0, 0.05) is 32.4 Å². The molecule has 554 valence electrons. The van der Waals surface area contributed by atoms with Gasteiger partial charge in [-0.15, -0.1) is 0 Å². The van der Waals surface area contributed by atoms with Crippen LogP contribution in [0.1, 0.15) is 164 Å². The number of hydrogen-bond acceptors (Lipinski definition) is 19. The number of aromatic hydroxyl groups is 1. The maximum atomic E-state index is 14.3. The van der Waals surface area contributed by atoms with E-state index in [-0.39, 0.29) is 102 Å². The Morgan fingerprint density at radius 1 is 0.459 bits per heavy atom. The van der Waals surface area contributed by atoms with Crippen molar-refractivity contribution in [1.29, 1.82) is 0 Å². The number of benzene rings is 1. The second kappa shape index (κ2) is 46.5. The quantitative estimate of drug-likeness (QED) is 0.0169. The summed E-state index contributed by atoms with van der Waals surface area (Å²) in [5, 5.41) is 46.0. The van der Waals surface area contributed by atoms with Gasteiger partial charge in [0.1, 0.15) is 60.1 Å². The van der Waals surface area contributed by atoms with Gasteiger partial charge in [-0.3, -0.25) is 67.3 Å². The molecule has 1 aromatic rings. The largest absolute Gasteiger partial charge is 0.508 e. The Bertz CT molecular complexity index is 2790. The zero-order chi connectivity index (χ0) is 74.4. The predicted molar refractivity (Wildman–Crippen MR) is 366 cm³/mol. The van der Waals surface area contributed by atoms with Crippen molar-refractivity contribution in [2.75, 3.05) is 26.2 Å². The average Bonchev–Trinajstić information content (AvgIpc) is 0.901. The number of guanidine groups is 1. The number of nitrogens with zero attached hydrogens (tertiary/aromatic N) is 1. The van der Waals surface area contributed by atoms with Gasteiger partial charge in [0.2, 0.25) is 70.9 Å². The fourth-order valence-electron chi connectivity index (χ4n) is 10.00. The highest BCUT2D eigenvalue weighted by molar-refractivity contribution is 5.98. The van der Waals surface area contributed by atoms with Crippen molar-refractivity contribution in [2.45, 2.75) is 231 Å². The number of hydrogen-bond donors (Lipinski definition) is 20. The van der Waals surface area contributed by atoms with Crippen LogP contribution < -0.4 is 99.0 Å². The van der Waals surface area contributed by atoms with Crippen molar-refractivity contribution in [3.63, 3.8) is 0 Å². The highest BCUT2D eigenvalue weighted by Crippen LogP contribution is 2.17. The topological polar surface area (TPSA) is 603 Å². The third kappa shape index (κ3) is 34.4. The van der Waals surface area contributed by atoms with Gasteiger partial charge in [0.15, 0.2) is 5.96 Å². The van der Waals surface area contributed by atoms with Gasteiger partial charge in [-0.05, 0) is 138 Å². The molecular formula is C64H113N19O15. The van der Waals surface area contributed by atoms with Gasteiger partial charge in [0.25, 0.3) is 0 Å². The minimum atomic E-state index is -1.54. The van der Waals surface area contributed by atoms with Crippen LogP contribution in [0.4, 0.5) is 0 Å². The molecule has 12 atom stereocenters. The van der Waals surface area contributed by atoms with Crippen LogP contribution in [0.25, 0.3) is 0 Å². The van der Waals surface area contributed by atoms with Crippen LogP contribution >= 0.6 is 0 Å². The van der Waals surface area contributed by atoms with E-state index in [1.165, 1.54) is 24.3 Å². The first-order valence-corrected chi connectivity index (χ1v) is 33.6. The summed E-state index contributed by atoms with van der Waals surface area (Å²) in [7, 11) is 0. The zero-order valence-electron chi connectivity index (χ0n) is 58.1. The van der Waals surface area contributed by atoms with E-state index in [0.29, 0.717) is 44.1 Å². The Hall–Kier alpha value is -8.76. The van der Waals surface area contributed by atoms with E-state index in [1.807, 2.05) is 0 Å². The van der Waals surface area contributed by atoms with E-state index in [1.54, 1.807) is 55.4 Å². The number of phenols is 1. The van der Waals surface area contributed by atoms with E-state index in [9.17, 15) is 72.5 Å². The Morgan fingerprint density at radius 2 is 0.878 bits per heavy atom. The smallest absolute Gasteiger partial charge is 0.303 e. The van der Waals surface area contributed by atoms with E-state index in [4.69, 9.17) is 45.9 Å². The van der Waals surface area contributed by atoms with Crippen LogP contribution in [0.15, 0.2) is 29.3 Å². The van der Waals surface area contributed by atoms with Crippen molar-refractivity contribution >= 4 is 82.8 Å². The van der Waals surface area contributed by atoms with E-state index in [2.05, 4.69) is 58.2 Å². The summed E-state index contributed by atoms with van der Waals surface area (Å²) in [6, 6.07) is -8.13. The standard InChI is InChI=1S/C64H113N19O15/c1-9-37(8)52(63(98)80-46(32-34(2)3)59(94)75-42(53(70)88)24-26-48(69)85)83-57(92)44(19-11-13-29-66)77-56(91)43(18-10-12-28-65)76-54(89)40(67)16-14-30-73-61(96)50(35(4)5)81-58(93)45(25-27-49(86)87)78-62(97)51(36(6)7)82-60(95)47(33-38-20-22-39(84)23-21-38)79-55(90)41(68)17-15-31-74-64(71)72/h20-23,34-37,40-47,50-52,84H,9-19,24-33,65-68H2,1-8H3,(H2,69,85)(H2,70,88)(H,73,96)(H,75,94)(H,76,89)(H,77,91)(H,78,97)(H,79,90)(H,80,98)(H,81,93)(H,82,95)(H,83,92)(H,86,87)(H4,71,72,74)/t37-,40-,41-,42-,43-,44-,45-,46-,47-,50-,51-,52-/m0/s1. The molecule has 0 spiro atoms. The van der Waals surface area contributed by atoms with E-state index in [0.717, 1.165) is 0 Å². The van der Waals surface area contributed by atoms with Crippen molar-refractivity contribution in [3.05, 3.63) is 29.8 Å². The second-order valence-corrected chi connectivity index (χ2v) is 25.7. The Balaban J connectivity index is 3.28. The molecule has 0 bridgehead atoms. The molecule has 0 saturated carbocycles.